The lowest BCUT2D eigenvalue weighted by atomic mass is 9.94. The van der Waals surface area contributed by atoms with E-state index in [-0.39, 0.29) is 5.97 Å². The van der Waals surface area contributed by atoms with E-state index in [4.69, 9.17) is 4.74 Å². The van der Waals surface area contributed by atoms with Crippen LogP contribution in [-0.2, 0) is 9.53 Å². The summed E-state index contributed by atoms with van der Waals surface area (Å²) in [6, 6.07) is 0. The molecule has 0 rings (SSSR count). The zero-order chi connectivity index (χ0) is 14.7. The summed E-state index contributed by atoms with van der Waals surface area (Å²) in [7, 11) is 1.46. The van der Waals surface area contributed by atoms with Crippen LogP contribution in [0.25, 0.3) is 0 Å². The van der Waals surface area contributed by atoms with Crippen molar-refractivity contribution in [2.24, 2.45) is 0 Å². The van der Waals surface area contributed by atoms with E-state index in [0.717, 1.165) is 51.9 Å². The number of carbonyl (C=O) groups is 1. The molecule has 0 aliphatic heterocycles. The molecule has 1 unspecified atom stereocenters. The molecule has 0 bridgehead atoms. The fourth-order valence-electron chi connectivity index (χ4n) is 2.24. The molecule has 1 atom stereocenters. The molecule has 0 aliphatic carbocycles. The van der Waals surface area contributed by atoms with Gasteiger partial charge in [-0.05, 0) is 58.8 Å². The van der Waals surface area contributed by atoms with Crippen molar-refractivity contribution in [3.63, 3.8) is 0 Å². The molecule has 0 heterocycles. The largest absolute Gasteiger partial charge is 0.468 e. The van der Waals surface area contributed by atoms with Crippen LogP contribution < -0.4 is 5.32 Å². The van der Waals surface area contributed by atoms with Crippen molar-refractivity contribution in [1.82, 2.24) is 10.2 Å². The van der Waals surface area contributed by atoms with Crippen LogP contribution in [0, 0.1) is 0 Å². The number of unbranched alkanes of at least 4 members (excludes halogenated alkanes) is 1. The second kappa shape index (κ2) is 10.2. The highest BCUT2D eigenvalue weighted by Gasteiger charge is 2.32. The third kappa shape index (κ3) is 6.92. The van der Waals surface area contributed by atoms with Crippen LogP contribution in [0.2, 0.25) is 0 Å². The van der Waals surface area contributed by atoms with Crippen LogP contribution >= 0.6 is 0 Å². The highest BCUT2D eigenvalue weighted by molar-refractivity contribution is 5.80. The van der Waals surface area contributed by atoms with Gasteiger partial charge in [-0.2, -0.15) is 0 Å². The van der Waals surface area contributed by atoms with Gasteiger partial charge in [0.25, 0.3) is 0 Å². The summed E-state index contributed by atoms with van der Waals surface area (Å²) in [6.07, 6.45) is 4.02. The average Bonchev–Trinajstić information content (AvgIpc) is 2.44. The van der Waals surface area contributed by atoms with Gasteiger partial charge < -0.3 is 15.0 Å². The SMILES string of the molecule is CCCNC(C)(CCCCN(CC)CC)C(=O)OC. The molecule has 1 N–H and O–H groups in total. The minimum absolute atomic E-state index is 0.149. The predicted molar refractivity (Wildman–Crippen MR) is 80.4 cm³/mol. The monoisotopic (exact) mass is 272 g/mol. The number of hydrogen-bond donors (Lipinski definition) is 1. The lowest BCUT2D eigenvalue weighted by Gasteiger charge is -2.28. The first kappa shape index (κ1) is 18.4. The molecule has 4 heteroatoms. The van der Waals surface area contributed by atoms with Gasteiger partial charge in [0.05, 0.1) is 7.11 Å². The van der Waals surface area contributed by atoms with E-state index in [1.165, 1.54) is 7.11 Å². The maximum absolute atomic E-state index is 11.9. The molecule has 0 aromatic heterocycles. The third-order valence-corrected chi connectivity index (χ3v) is 3.70. The Balaban J connectivity index is 4.16. The van der Waals surface area contributed by atoms with Gasteiger partial charge >= 0.3 is 5.97 Å². The Hall–Kier alpha value is -0.610. The van der Waals surface area contributed by atoms with Crippen LogP contribution in [0.15, 0.2) is 0 Å². The first-order valence-electron chi connectivity index (χ1n) is 7.59. The van der Waals surface area contributed by atoms with Crippen LogP contribution in [0.3, 0.4) is 0 Å². The lowest BCUT2D eigenvalue weighted by molar-refractivity contribution is -0.148. The van der Waals surface area contributed by atoms with Gasteiger partial charge in [-0.25, -0.2) is 0 Å². The molecule has 0 aliphatic rings. The van der Waals surface area contributed by atoms with E-state index >= 15 is 0 Å². The molecular formula is C15H32N2O2. The first-order valence-corrected chi connectivity index (χ1v) is 7.59. The van der Waals surface area contributed by atoms with Crippen molar-refractivity contribution in [1.29, 1.82) is 0 Å². The second-order valence-electron chi connectivity index (χ2n) is 5.23. The van der Waals surface area contributed by atoms with Crippen LogP contribution in [0.1, 0.15) is 53.4 Å². The lowest BCUT2D eigenvalue weighted by Crippen LogP contribution is -2.50. The molecular weight excluding hydrogens is 240 g/mol. The molecule has 0 aromatic carbocycles. The van der Waals surface area contributed by atoms with Gasteiger partial charge in [0.2, 0.25) is 0 Å². The normalized spacial score (nSPS) is 14.4. The van der Waals surface area contributed by atoms with Crippen LogP contribution in [-0.4, -0.2) is 49.7 Å². The minimum Gasteiger partial charge on any atom is -0.468 e. The highest BCUT2D eigenvalue weighted by Crippen LogP contribution is 2.16. The zero-order valence-corrected chi connectivity index (χ0v) is 13.4. The Morgan fingerprint density at radius 2 is 1.84 bits per heavy atom. The maximum atomic E-state index is 11.9. The van der Waals surface area contributed by atoms with E-state index in [1.54, 1.807) is 0 Å². The predicted octanol–water partition coefficient (Wildman–Crippen LogP) is 2.43. The Morgan fingerprint density at radius 3 is 2.32 bits per heavy atom. The van der Waals surface area contributed by atoms with E-state index in [1.807, 2.05) is 6.92 Å². The summed E-state index contributed by atoms with van der Waals surface area (Å²) >= 11 is 0. The number of nitrogens with zero attached hydrogens (tertiary/aromatic N) is 1. The summed E-state index contributed by atoms with van der Waals surface area (Å²) in [5, 5.41) is 3.32. The van der Waals surface area contributed by atoms with E-state index in [0.29, 0.717) is 0 Å². The standard InChI is InChI=1S/C15H32N2O2/c1-6-12-16-15(4,14(18)19-5)11-9-10-13-17(7-2)8-3/h16H,6-13H2,1-5H3. The Bertz CT molecular complexity index is 242. The number of rotatable bonds is 11. The summed E-state index contributed by atoms with van der Waals surface area (Å²) in [5.41, 5.74) is -0.534. The molecule has 0 saturated heterocycles. The zero-order valence-electron chi connectivity index (χ0n) is 13.4. The van der Waals surface area contributed by atoms with Gasteiger partial charge in [0.15, 0.2) is 0 Å². The van der Waals surface area contributed by atoms with Crippen molar-refractivity contribution in [3.8, 4) is 0 Å². The molecule has 0 fully saturated rings. The van der Waals surface area contributed by atoms with Gasteiger partial charge in [-0.15, -0.1) is 0 Å². The smallest absolute Gasteiger partial charge is 0.325 e. The van der Waals surface area contributed by atoms with Crippen LogP contribution in [0.5, 0.6) is 0 Å². The first-order chi connectivity index (χ1) is 9.03. The number of nitrogens with one attached hydrogen (secondary N) is 1. The Kier molecular flexibility index (Phi) is 9.88. The fourth-order valence-corrected chi connectivity index (χ4v) is 2.24. The van der Waals surface area contributed by atoms with E-state index in [2.05, 4.69) is 31.0 Å². The van der Waals surface area contributed by atoms with Crippen molar-refractivity contribution < 1.29 is 9.53 Å². The Morgan fingerprint density at radius 1 is 1.21 bits per heavy atom. The van der Waals surface area contributed by atoms with Crippen molar-refractivity contribution in [3.05, 3.63) is 0 Å². The number of methoxy groups -OCH3 is 1. The van der Waals surface area contributed by atoms with Gasteiger partial charge in [0, 0.05) is 0 Å². The highest BCUT2D eigenvalue weighted by atomic mass is 16.5. The van der Waals surface area contributed by atoms with Crippen LogP contribution in [0.4, 0.5) is 0 Å². The molecule has 114 valence electrons. The second-order valence-corrected chi connectivity index (χ2v) is 5.23. The molecule has 0 radical (unpaired) electrons. The number of hydrogen-bond acceptors (Lipinski definition) is 4. The van der Waals surface area contributed by atoms with E-state index < -0.39 is 5.54 Å². The Labute approximate surface area is 118 Å². The summed E-state index contributed by atoms with van der Waals surface area (Å²) in [4.78, 5) is 14.3. The number of ether oxygens (including phenoxy) is 1. The summed E-state index contributed by atoms with van der Waals surface area (Å²) in [6.45, 7) is 12.6. The van der Waals surface area contributed by atoms with E-state index in [9.17, 15) is 4.79 Å². The van der Waals surface area contributed by atoms with Gasteiger partial charge in [0.1, 0.15) is 5.54 Å². The topological polar surface area (TPSA) is 41.6 Å². The quantitative estimate of drug-likeness (QED) is 0.463. The molecule has 0 aromatic rings. The summed E-state index contributed by atoms with van der Waals surface area (Å²) in [5.74, 6) is -0.149. The van der Waals surface area contributed by atoms with Crippen molar-refractivity contribution in [2.45, 2.75) is 58.9 Å². The maximum Gasteiger partial charge on any atom is 0.325 e. The molecule has 0 amide bonds. The third-order valence-electron chi connectivity index (χ3n) is 3.70. The molecule has 0 saturated carbocycles. The number of esters is 1. The summed E-state index contributed by atoms with van der Waals surface area (Å²) < 4.78 is 4.92. The van der Waals surface area contributed by atoms with Crippen molar-refractivity contribution >= 4 is 5.97 Å². The van der Waals surface area contributed by atoms with Gasteiger partial charge in [-0.1, -0.05) is 20.8 Å². The average molecular weight is 272 g/mol. The molecule has 19 heavy (non-hydrogen) atoms. The van der Waals surface area contributed by atoms with Crippen molar-refractivity contribution in [2.75, 3.05) is 33.3 Å². The molecule has 4 nitrogen and oxygen atoms in total. The molecule has 0 spiro atoms. The minimum atomic E-state index is -0.534. The van der Waals surface area contributed by atoms with Gasteiger partial charge in [-0.3, -0.25) is 4.79 Å². The number of carbonyl (C=O) groups excluding carboxylic acids is 1. The fraction of sp³-hybridized carbons (Fsp3) is 0.933.